The van der Waals surface area contributed by atoms with Crippen LogP contribution >= 0.6 is 11.6 Å². The molecule has 21 heavy (non-hydrogen) atoms. The topological polar surface area (TPSA) is 14.2 Å². The summed E-state index contributed by atoms with van der Waals surface area (Å²) in [5.41, 5.74) is 1.67. The van der Waals surface area contributed by atoms with Crippen molar-refractivity contribution >= 4 is 22.5 Å². The van der Waals surface area contributed by atoms with Crippen LogP contribution in [0.4, 0.5) is 4.39 Å². The highest BCUT2D eigenvalue weighted by atomic mass is 35.5. The van der Waals surface area contributed by atoms with Crippen molar-refractivity contribution in [3.8, 4) is 5.75 Å². The Morgan fingerprint density at radius 3 is 2.76 bits per heavy atom. The van der Waals surface area contributed by atoms with Gasteiger partial charge in [-0.2, -0.15) is 0 Å². The number of halogens is 2. The predicted molar refractivity (Wildman–Crippen MR) is 83.6 cm³/mol. The molecule has 0 N–H and O–H groups in total. The Morgan fingerprint density at radius 1 is 1.14 bits per heavy atom. The summed E-state index contributed by atoms with van der Waals surface area (Å²) < 4.78 is 21.4. The van der Waals surface area contributed by atoms with E-state index in [0.29, 0.717) is 23.7 Å². The van der Waals surface area contributed by atoms with Crippen molar-refractivity contribution in [1.82, 2.24) is 4.57 Å². The zero-order chi connectivity index (χ0) is 14.8. The summed E-state index contributed by atoms with van der Waals surface area (Å²) in [4.78, 5) is 0. The average Bonchev–Trinajstić information content (AvgIpc) is 2.85. The van der Waals surface area contributed by atoms with Crippen molar-refractivity contribution in [2.75, 3.05) is 6.61 Å². The van der Waals surface area contributed by atoms with Gasteiger partial charge in [0.2, 0.25) is 0 Å². The van der Waals surface area contributed by atoms with Crippen molar-refractivity contribution in [2.45, 2.75) is 13.5 Å². The van der Waals surface area contributed by atoms with E-state index in [1.54, 1.807) is 12.1 Å². The van der Waals surface area contributed by atoms with Gasteiger partial charge in [0.1, 0.15) is 11.6 Å². The minimum Gasteiger partial charge on any atom is -0.494 e. The van der Waals surface area contributed by atoms with Gasteiger partial charge in [0.25, 0.3) is 0 Å². The first-order valence-electron chi connectivity index (χ1n) is 6.83. The SMILES string of the molecule is CCOc1ccc2c(ccn2Cc2ccc(Cl)cc2F)c1. The van der Waals surface area contributed by atoms with E-state index in [9.17, 15) is 4.39 Å². The average molecular weight is 304 g/mol. The molecule has 0 aliphatic heterocycles. The van der Waals surface area contributed by atoms with E-state index in [1.165, 1.54) is 6.07 Å². The Labute approximate surface area is 127 Å². The van der Waals surface area contributed by atoms with Crippen LogP contribution in [0.15, 0.2) is 48.7 Å². The second-order valence-electron chi connectivity index (χ2n) is 4.83. The number of benzene rings is 2. The van der Waals surface area contributed by atoms with Gasteiger partial charge < -0.3 is 9.30 Å². The molecule has 3 rings (SSSR count). The molecular weight excluding hydrogens is 289 g/mol. The van der Waals surface area contributed by atoms with Gasteiger partial charge in [-0.05, 0) is 43.3 Å². The molecule has 108 valence electrons. The monoisotopic (exact) mass is 303 g/mol. The quantitative estimate of drug-likeness (QED) is 0.670. The van der Waals surface area contributed by atoms with E-state index in [2.05, 4.69) is 0 Å². The molecule has 0 fully saturated rings. The number of hydrogen-bond donors (Lipinski definition) is 0. The van der Waals surface area contributed by atoms with Gasteiger partial charge in [0.15, 0.2) is 0 Å². The molecule has 1 heterocycles. The van der Waals surface area contributed by atoms with Crippen LogP contribution in [0.1, 0.15) is 12.5 Å². The van der Waals surface area contributed by atoms with Crippen molar-refractivity contribution in [2.24, 2.45) is 0 Å². The van der Waals surface area contributed by atoms with E-state index in [0.717, 1.165) is 16.7 Å². The fraction of sp³-hybridized carbons (Fsp3) is 0.176. The van der Waals surface area contributed by atoms with Gasteiger partial charge in [-0.25, -0.2) is 4.39 Å². The maximum Gasteiger partial charge on any atom is 0.129 e. The van der Waals surface area contributed by atoms with Crippen molar-refractivity contribution < 1.29 is 9.13 Å². The van der Waals surface area contributed by atoms with Crippen LogP contribution in [0.3, 0.4) is 0 Å². The Kier molecular flexibility index (Phi) is 3.84. The molecule has 2 aromatic carbocycles. The standard InChI is InChI=1S/C17H15ClFNO/c1-2-21-15-5-6-17-12(9-15)7-8-20(17)11-13-3-4-14(18)10-16(13)19/h3-10H,2,11H2,1H3. The second kappa shape index (κ2) is 5.78. The molecular formula is C17H15ClFNO. The first-order valence-corrected chi connectivity index (χ1v) is 7.21. The van der Waals surface area contributed by atoms with Gasteiger partial charge >= 0.3 is 0 Å². The van der Waals surface area contributed by atoms with Gasteiger partial charge in [-0.15, -0.1) is 0 Å². The van der Waals surface area contributed by atoms with E-state index in [-0.39, 0.29) is 5.82 Å². The van der Waals surface area contributed by atoms with Crippen LogP contribution in [-0.4, -0.2) is 11.2 Å². The highest BCUT2D eigenvalue weighted by molar-refractivity contribution is 6.30. The van der Waals surface area contributed by atoms with Crippen molar-refractivity contribution in [3.05, 3.63) is 65.1 Å². The minimum atomic E-state index is -0.282. The maximum atomic E-state index is 13.9. The predicted octanol–water partition coefficient (Wildman–Crippen LogP) is 4.88. The van der Waals surface area contributed by atoms with Gasteiger partial charge in [-0.3, -0.25) is 0 Å². The molecule has 0 saturated heterocycles. The zero-order valence-corrected chi connectivity index (χ0v) is 12.4. The molecule has 0 bridgehead atoms. The van der Waals surface area contributed by atoms with Crippen LogP contribution in [0.2, 0.25) is 5.02 Å². The van der Waals surface area contributed by atoms with E-state index in [1.807, 2.05) is 42.0 Å². The molecule has 0 aliphatic carbocycles. The van der Waals surface area contributed by atoms with Crippen molar-refractivity contribution in [1.29, 1.82) is 0 Å². The summed E-state index contributed by atoms with van der Waals surface area (Å²) in [5.74, 6) is 0.565. The molecule has 0 aliphatic rings. The lowest BCUT2D eigenvalue weighted by molar-refractivity contribution is 0.340. The summed E-state index contributed by atoms with van der Waals surface area (Å²) in [7, 11) is 0. The van der Waals surface area contributed by atoms with Crippen molar-refractivity contribution in [3.63, 3.8) is 0 Å². The maximum absolute atomic E-state index is 13.9. The Morgan fingerprint density at radius 2 is 2.00 bits per heavy atom. The normalized spacial score (nSPS) is 11.0. The fourth-order valence-corrected chi connectivity index (χ4v) is 2.56. The van der Waals surface area contributed by atoms with E-state index < -0.39 is 0 Å². The fourth-order valence-electron chi connectivity index (χ4n) is 2.41. The van der Waals surface area contributed by atoms with E-state index in [4.69, 9.17) is 16.3 Å². The smallest absolute Gasteiger partial charge is 0.129 e. The minimum absolute atomic E-state index is 0.282. The summed E-state index contributed by atoms with van der Waals surface area (Å²) in [5, 5.41) is 1.49. The molecule has 4 heteroatoms. The van der Waals surface area contributed by atoms with Crippen LogP contribution in [0.5, 0.6) is 5.75 Å². The third-order valence-corrected chi connectivity index (χ3v) is 3.64. The molecule has 0 saturated carbocycles. The highest BCUT2D eigenvalue weighted by Gasteiger charge is 2.07. The number of hydrogen-bond acceptors (Lipinski definition) is 1. The molecule has 3 aromatic rings. The van der Waals surface area contributed by atoms with Crippen LogP contribution < -0.4 is 4.74 Å². The number of rotatable bonds is 4. The molecule has 0 amide bonds. The molecule has 2 nitrogen and oxygen atoms in total. The van der Waals surface area contributed by atoms with E-state index >= 15 is 0 Å². The van der Waals surface area contributed by atoms with Gasteiger partial charge in [0.05, 0.1) is 13.2 Å². The van der Waals surface area contributed by atoms with Gasteiger partial charge in [-0.1, -0.05) is 17.7 Å². The number of fused-ring (bicyclic) bond motifs is 1. The number of nitrogens with zero attached hydrogens (tertiary/aromatic N) is 1. The Bertz CT molecular complexity index is 782. The van der Waals surface area contributed by atoms with Gasteiger partial charge in [0, 0.05) is 27.7 Å². The molecule has 0 spiro atoms. The van der Waals surface area contributed by atoms with Crippen LogP contribution in [0, 0.1) is 5.82 Å². The zero-order valence-electron chi connectivity index (χ0n) is 11.6. The lowest BCUT2D eigenvalue weighted by Crippen LogP contribution is -2.00. The molecule has 1 aromatic heterocycles. The van der Waals surface area contributed by atoms with Crippen LogP contribution in [0.25, 0.3) is 10.9 Å². The lowest BCUT2D eigenvalue weighted by Gasteiger charge is -2.08. The van der Waals surface area contributed by atoms with Crippen LogP contribution in [-0.2, 0) is 6.54 Å². The molecule has 0 radical (unpaired) electrons. The summed E-state index contributed by atoms with van der Waals surface area (Å²) in [6.45, 7) is 3.07. The Hall–Kier alpha value is -2.00. The third-order valence-electron chi connectivity index (χ3n) is 3.41. The first-order chi connectivity index (χ1) is 10.2. The third kappa shape index (κ3) is 2.88. The number of aromatic nitrogens is 1. The summed E-state index contributed by atoms with van der Waals surface area (Å²) in [6.07, 6.45) is 1.95. The summed E-state index contributed by atoms with van der Waals surface area (Å²) >= 11 is 5.78. The molecule has 0 atom stereocenters. The number of ether oxygens (including phenoxy) is 1. The highest BCUT2D eigenvalue weighted by Crippen LogP contribution is 2.24. The first kappa shape index (κ1) is 14.0. The lowest BCUT2D eigenvalue weighted by atomic mass is 10.2. The second-order valence-corrected chi connectivity index (χ2v) is 5.27. The summed E-state index contributed by atoms with van der Waals surface area (Å²) in [6, 6.07) is 12.7. The largest absolute Gasteiger partial charge is 0.494 e. The molecule has 0 unspecified atom stereocenters. The Balaban J connectivity index is 1.94.